The molecule has 0 bridgehead atoms. The van der Waals surface area contributed by atoms with Crippen LogP contribution in [0.4, 0.5) is 0 Å². The molecule has 1 aromatic rings. The average Bonchev–Trinajstić information content (AvgIpc) is 3.12. The second kappa shape index (κ2) is 11.1. The third-order valence-corrected chi connectivity index (χ3v) is 5.47. The fourth-order valence-electron chi connectivity index (χ4n) is 3.95. The number of carbonyl (C=O) groups is 1. The number of aliphatic imine (C=N–C) groups is 1. The molecule has 2 fully saturated rings. The topological polar surface area (TPSA) is 60.0 Å². The Morgan fingerprint density at radius 3 is 2.64 bits per heavy atom. The molecule has 2 heterocycles. The molecule has 154 valence electrons. The van der Waals surface area contributed by atoms with Crippen molar-refractivity contribution in [2.24, 2.45) is 4.99 Å². The summed E-state index contributed by atoms with van der Waals surface area (Å²) in [5.41, 5.74) is 2.36. The summed E-state index contributed by atoms with van der Waals surface area (Å²) in [6.07, 6.45) is 5.71. The molecule has 0 spiro atoms. The lowest BCUT2D eigenvalue weighted by Crippen LogP contribution is -2.42. The molecule has 3 rings (SSSR count). The van der Waals surface area contributed by atoms with Gasteiger partial charge in [0.1, 0.15) is 0 Å². The molecule has 6 heteroatoms. The Kier molecular flexibility index (Phi) is 8.15. The number of carbonyl (C=O) groups excluding carboxylic acids is 1. The summed E-state index contributed by atoms with van der Waals surface area (Å²) in [5, 5.41) is 6.80. The average molecular weight is 386 g/mol. The molecule has 1 aromatic carbocycles. The van der Waals surface area contributed by atoms with E-state index in [9.17, 15) is 4.79 Å². The number of nitrogens with zero attached hydrogens (tertiary/aromatic N) is 3. The van der Waals surface area contributed by atoms with Gasteiger partial charge in [0.2, 0.25) is 5.91 Å². The molecular formula is C22H35N5O. The number of amides is 1. The molecule has 0 aromatic heterocycles. The minimum Gasteiger partial charge on any atom is -0.357 e. The normalized spacial score (nSPS) is 18.5. The number of rotatable bonds is 8. The summed E-state index contributed by atoms with van der Waals surface area (Å²) in [6, 6.07) is 8.45. The van der Waals surface area contributed by atoms with Gasteiger partial charge in [-0.3, -0.25) is 4.79 Å². The van der Waals surface area contributed by atoms with Crippen molar-refractivity contribution in [2.45, 2.75) is 52.1 Å². The Morgan fingerprint density at radius 2 is 1.89 bits per heavy atom. The van der Waals surface area contributed by atoms with Crippen molar-refractivity contribution in [3.63, 3.8) is 0 Å². The van der Waals surface area contributed by atoms with Crippen LogP contribution in [0.5, 0.6) is 0 Å². The van der Waals surface area contributed by atoms with Gasteiger partial charge in [0.15, 0.2) is 5.96 Å². The Labute approximate surface area is 169 Å². The van der Waals surface area contributed by atoms with E-state index >= 15 is 0 Å². The Balaban J connectivity index is 1.50. The van der Waals surface area contributed by atoms with E-state index in [0.717, 1.165) is 38.6 Å². The lowest BCUT2D eigenvalue weighted by Gasteiger charge is -2.26. The molecule has 6 nitrogen and oxygen atoms in total. The van der Waals surface area contributed by atoms with Crippen LogP contribution >= 0.6 is 0 Å². The van der Waals surface area contributed by atoms with Gasteiger partial charge in [-0.1, -0.05) is 30.7 Å². The van der Waals surface area contributed by atoms with Crippen molar-refractivity contribution >= 4 is 11.9 Å². The highest BCUT2D eigenvalue weighted by Crippen LogP contribution is 2.15. The van der Waals surface area contributed by atoms with Crippen LogP contribution in [0.1, 0.15) is 50.2 Å². The number of benzene rings is 1. The number of nitrogens with one attached hydrogen (secondary N) is 2. The fraction of sp³-hybridized carbons (Fsp3) is 0.636. The van der Waals surface area contributed by atoms with Crippen LogP contribution in [0.2, 0.25) is 0 Å². The van der Waals surface area contributed by atoms with Gasteiger partial charge >= 0.3 is 0 Å². The van der Waals surface area contributed by atoms with Crippen LogP contribution in [0.25, 0.3) is 0 Å². The van der Waals surface area contributed by atoms with Gasteiger partial charge in [0.05, 0.1) is 6.54 Å². The Bertz CT molecular complexity index is 654. The second-order valence-corrected chi connectivity index (χ2v) is 7.76. The number of hydrogen-bond donors (Lipinski definition) is 2. The molecule has 2 saturated heterocycles. The second-order valence-electron chi connectivity index (χ2n) is 7.76. The maximum absolute atomic E-state index is 11.8. The van der Waals surface area contributed by atoms with E-state index < -0.39 is 0 Å². The molecule has 2 aliphatic rings. The highest BCUT2D eigenvalue weighted by molar-refractivity contribution is 5.79. The first kappa shape index (κ1) is 20.6. The number of piperidine rings is 1. The van der Waals surface area contributed by atoms with Gasteiger partial charge < -0.3 is 20.4 Å². The van der Waals surface area contributed by atoms with Crippen molar-refractivity contribution < 1.29 is 4.79 Å². The van der Waals surface area contributed by atoms with Gasteiger partial charge in [0.25, 0.3) is 0 Å². The van der Waals surface area contributed by atoms with Crippen LogP contribution in [-0.2, 0) is 17.9 Å². The van der Waals surface area contributed by atoms with Crippen molar-refractivity contribution in [3.8, 4) is 0 Å². The first-order valence-electron chi connectivity index (χ1n) is 10.8. The molecule has 1 amide bonds. The van der Waals surface area contributed by atoms with Crippen molar-refractivity contribution in [1.29, 1.82) is 0 Å². The zero-order chi connectivity index (χ0) is 19.6. The van der Waals surface area contributed by atoms with Gasteiger partial charge in [-0.2, -0.15) is 0 Å². The lowest BCUT2D eigenvalue weighted by molar-refractivity contribution is -0.128. The molecule has 0 radical (unpaired) electrons. The Morgan fingerprint density at radius 1 is 1.07 bits per heavy atom. The molecular weight excluding hydrogens is 350 g/mol. The summed E-state index contributed by atoms with van der Waals surface area (Å²) >= 11 is 0. The molecule has 2 N–H and O–H groups in total. The Hall–Kier alpha value is -2.08. The monoisotopic (exact) mass is 385 g/mol. The predicted molar refractivity (Wildman–Crippen MR) is 114 cm³/mol. The zero-order valence-corrected chi connectivity index (χ0v) is 17.3. The van der Waals surface area contributed by atoms with Crippen LogP contribution in [-0.4, -0.2) is 60.9 Å². The first-order chi connectivity index (χ1) is 13.7. The lowest BCUT2D eigenvalue weighted by atomic mass is 10.1. The minimum atomic E-state index is 0.274. The van der Waals surface area contributed by atoms with E-state index in [1.54, 1.807) is 0 Å². The highest BCUT2D eigenvalue weighted by Gasteiger charge is 2.19. The van der Waals surface area contributed by atoms with Gasteiger partial charge in [0, 0.05) is 39.1 Å². The summed E-state index contributed by atoms with van der Waals surface area (Å²) in [4.78, 5) is 21.1. The van der Waals surface area contributed by atoms with Gasteiger partial charge in [-0.15, -0.1) is 0 Å². The third-order valence-electron chi connectivity index (χ3n) is 5.47. The van der Waals surface area contributed by atoms with Crippen LogP contribution < -0.4 is 10.6 Å². The van der Waals surface area contributed by atoms with Crippen LogP contribution in [0.3, 0.4) is 0 Å². The molecule has 0 aliphatic carbocycles. The van der Waals surface area contributed by atoms with Gasteiger partial charge in [-0.05, 0) is 50.4 Å². The van der Waals surface area contributed by atoms with Crippen LogP contribution in [0.15, 0.2) is 29.3 Å². The number of hydrogen-bond acceptors (Lipinski definition) is 3. The van der Waals surface area contributed by atoms with Gasteiger partial charge in [-0.25, -0.2) is 4.99 Å². The number of guanidine groups is 1. The molecule has 0 atom stereocenters. The van der Waals surface area contributed by atoms with E-state index in [0.29, 0.717) is 19.5 Å². The van der Waals surface area contributed by atoms with Crippen molar-refractivity contribution in [3.05, 3.63) is 35.4 Å². The summed E-state index contributed by atoms with van der Waals surface area (Å²) in [5.74, 6) is 1.15. The third kappa shape index (κ3) is 6.51. The summed E-state index contributed by atoms with van der Waals surface area (Å²) in [6.45, 7) is 9.62. The zero-order valence-electron chi connectivity index (χ0n) is 17.3. The maximum atomic E-state index is 11.8. The smallest absolute Gasteiger partial charge is 0.222 e. The summed E-state index contributed by atoms with van der Waals surface area (Å²) in [7, 11) is 0. The van der Waals surface area contributed by atoms with E-state index in [1.807, 2.05) is 4.90 Å². The SMILES string of the molecule is CCNC(=NCc1cccc(CN2CCCC2=O)c1)NCCN1CCCCC1. The van der Waals surface area contributed by atoms with Crippen molar-refractivity contribution in [2.75, 3.05) is 39.3 Å². The highest BCUT2D eigenvalue weighted by atomic mass is 16.2. The fourth-order valence-corrected chi connectivity index (χ4v) is 3.95. The largest absolute Gasteiger partial charge is 0.357 e. The van der Waals surface area contributed by atoms with Crippen LogP contribution in [0, 0.1) is 0 Å². The van der Waals surface area contributed by atoms with E-state index in [4.69, 9.17) is 4.99 Å². The standard InChI is InChI=1S/C22H35N5O/c1-2-23-22(24-11-15-26-12-4-3-5-13-26)25-17-19-8-6-9-20(16-19)18-27-14-7-10-21(27)28/h6,8-9,16H,2-5,7,10-15,17-18H2,1H3,(H2,23,24,25). The first-order valence-corrected chi connectivity index (χ1v) is 10.8. The minimum absolute atomic E-state index is 0.274. The maximum Gasteiger partial charge on any atom is 0.222 e. The molecule has 0 unspecified atom stereocenters. The molecule has 2 aliphatic heterocycles. The van der Waals surface area contributed by atoms with E-state index in [1.165, 1.54) is 43.5 Å². The predicted octanol–water partition coefficient (Wildman–Crippen LogP) is 2.35. The summed E-state index contributed by atoms with van der Waals surface area (Å²) < 4.78 is 0. The van der Waals surface area contributed by atoms with E-state index in [-0.39, 0.29) is 5.91 Å². The molecule has 0 saturated carbocycles. The molecule has 28 heavy (non-hydrogen) atoms. The quantitative estimate of drug-likeness (QED) is 0.533. The van der Waals surface area contributed by atoms with E-state index in [2.05, 4.69) is 46.7 Å². The van der Waals surface area contributed by atoms with Crippen molar-refractivity contribution in [1.82, 2.24) is 20.4 Å². The number of likely N-dealkylation sites (tertiary alicyclic amines) is 2.